The van der Waals surface area contributed by atoms with Gasteiger partial charge in [0.2, 0.25) is 5.91 Å². The van der Waals surface area contributed by atoms with Crippen LogP contribution >= 0.6 is 0 Å². The number of aromatic nitrogens is 1. The van der Waals surface area contributed by atoms with E-state index in [1.54, 1.807) is 14.0 Å². The van der Waals surface area contributed by atoms with Crippen LogP contribution in [0.15, 0.2) is 12.1 Å². The molecule has 2 saturated heterocycles. The number of rotatable bonds is 4. The number of ether oxygens (including phenoxy) is 1. The summed E-state index contributed by atoms with van der Waals surface area (Å²) in [7, 11) is 1.58. The van der Waals surface area contributed by atoms with Crippen LogP contribution in [-0.4, -0.2) is 72.0 Å². The van der Waals surface area contributed by atoms with Crippen LogP contribution in [0, 0.1) is 6.92 Å². The van der Waals surface area contributed by atoms with Gasteiger partial charge in [-0.3, -0.25) is 14.6 Å². The third kappa shape index (κ3) is 4.14. The number of carbonyl (C=O) groups excluding carboxylic acids is 2. The predicted molar refractivity (Wildman–Crippen MR) is 108 cm³/mol. The molecular formula is C21H32N4O3. The van der Waals surface area contributed by atoms with Gasteiger partial charge in [-0.05, 0) is 45.7 Å². The zero-order chi connectivity index (χ0) is 20.5. The van der Waals surface area contributed by atoms with Crippen molar-refractivity contribution in [1.82, 2.24) is 14.8 Å². The molecule has 28 heavy (non-hydrogen) atoms. The third-order valence-corrected chi connectivity index (χ3v) is 5.93. The van der Waals surface area contributed by atoms with Crippen molar-refractivity contribution in [3.8, 4) is 0 Å². The number of methoxy groups -OCH3 is 1. The molecule has 0 saturated carbocycles. The first-order valence-electron chi connectivity index (χ1n) is 10.1. The third-order valence-electron chi connectivity index (χ3n) is 5.93. The second-order valence-corrected chi connectivity index (χ2v) is 8.26. The maximum absolute atomic E-state index is 13.0. The molecule has 0 aromatic carbocycles. The molecule has 0 bridgehead atoms. The molecule has 0 radical (unpaired) electrons. The highest BCUT2D eigenvalue weighted by Crippen LogP contribution is 2.35. The van der Waals surface area contributed by atoms with Crippen molar-refractivity contribution in [3.05, 3.63) is 23.5 Å². The molecule has 1 atom stereocenters. The molecule has 1 aromatic heterocycles. The molecule has 1 unspecified atom stereocenters. The van der Waals surface area contributed by atoms with E-state index in [0.717, 1.165) is 62.6 Å². The zero-order valence-electron chi connectivity index (χ0n) is 17.7. The molecule has 7 nitrogen and oxygen atoms in total. The number of nitrogens with zero attached hydrogens (tertiary/aromatic N) is 4. The highest BCUT2D eigenvalue weighted by atomic mass is 16.5. The number of piperazine rings is 1. The van der Waals surface area contributed by atoms with Gasteiger partial charge in [0.15, 0.2) is 0 Å². The summed E-state index contributed by atoms with van der Waals surface area (Å²) in [6.45, 7) is 11.1. The van der Waals surface area contributed by atoms with Gasteiger partial charge in [-0.15, -0.1) is 0 Å². The normalized spacial score (nSPS) is 20.6. The number of aryl methyl sites for hydroxylation is 1. The minimum atomic E-state index is -0.835. The van der Waals surface area contributed by atoms with Crippen molar-refractivity contribution < 1.29 is 14.3 Å². The van der Waals surface area contributed by atoms with E-state index in [9.17, 15) is 9.59 Å². The molecule has 0 N–H and O–H groups in total. The molecular weight excluding hydrogens is 356 g/mol. The topological polar surface area (TPSA) is 66.0 Å². The lowest BCUT2D eigenvalue weighted by Gasteiger charge is -2.36. The fraction of sp³-hybridized carbons (Fsp3) is 0.667. The average molecular weight is 389 g/mol. The van der Waals surface area contributed by atoms with Gasteiger partial charge in [-0.1, -0.05) is 0 Å². The highest BCUT2D eigenvalue weighted by molar-refractivity contribution is 5.85. The van der Waals surface area contributed by atoms with Crippen LogP contribution in [0.1, 0.15) is 51.0 Å². The monoisotopic (exact) mass is 388 g/mol. The van der Waals surface area contributed by atoms with Crippen LogP contribution in [0.25, 0.3) is 0 Å². The molecule has 0 spiro atoms. The standard InChI is InChI=1S/C21H32N4O3/c1-15-13-17(24-11-9-23(10-12-24)16(2)26)14-18(22-15)19-7-6-8-25(19)20(27)21(3,4)28-5/h13-14,19H,6-12H2,1-5H3. The van der Waals surface area contributed by atoms with E-state index >= 15 is 0 Å². The van der Waals surface area contributed by atoms with Crippen molar-refractivity contribution in [2.75, 3.05) is 44.7 Å². The van der Waals surface area contributed by atoms with E-state index < -0.39 is 5.60 Å². The van der Waals surface area contributed by atoms with Gasteiger partial charge >= 0.3 is 0 Å². The lowest BCUT2D eigenvalue weighted by Crippen LogP contribution is -2.48. The van der Waals surface area contributed by atoms with Crippen LogP contribution in [0.3, 0.4) is 0 Å². The summed E-state index contributed by atoms with van der Waals surface area (Å²) in [4.78, 5) is 35.4. The summed E-state index contributed by atoms with van der Waals surface area (Å²) < 4.78 is 5.42. The number of amides is 2. The smallest absolute Gasteiger partial charge is 0.254 e. The van der Waals surface area contributed by atoms with Gasteiger partial charge in [-0.25, -0.2) is 0 Å². The molecule has 3 heterocycles. The molecule has 2 amide bonds. The summed E-state index contributed by atoms with van der Waals surface area (Å²) >= 11 is 0. The second kappa shape index (κ2) is 8.07. The summed E-state index contributed by atoms with van der Waals surface area (Å²) in [6, 6.07) is 4.19. The molecule has 154 valence electrons. The first-order valence-corrected chi connectivity index (χ1v) is 10.1. The maximum atomic E-state index is 13.0. The number of hydrogen-bond donors (Lipinski definition) is 0. The zero-order valence-corrected chi connectivity index (χ0v) is 17.7. The van der Waals surface area contributed by atoms with Gasteiger partial charge < -0.3 is 19.4 Å². The van der Waals surface area contributed by atoms with E-state index in [0.29, 0.717) is 0 Å². The van der Waals surface area contributed by atoms with Crippen LogP contribution in [-0.2, 0) is 14.3 Å². The Morgan fingerprint density at radius 2 is 1.82 bits per heavy atom. The van der Waals surface area contributed by atoms with Crippen LogP contribution in [0.5, 0.6) is 0 Å². The molecule has 7 heteroatoms. The number of pyridine rings is 1. The maximum Gasteiger partial charge on any atom is 0.254 e. The van der Waals surface area contributed by atoms with Crippen molar-refractivity contribution in [2.45, 2.75) is 52.2 Å². The lowest BCUT2D eigenvalue weighted by atomic mass is 10.0. The van der Waals surface area contributed by atoms with E-state index in [1.165, 1.54) is 0 Å². The van der Waals surface area contributed by atoms with E-state index in [2.05, 4.69) is 17.0 Å². The number of hydrogen-bond acceptors (Lipinski definition) is 5. The van der Waals surface area contributed by atoms with Crippen molar-refractivity contribution in [1.29, 1.82) is 0 Å². The molecule has 0 aliphatic carbocycles. The summed E-state index contributed by atoms with van der Waals surface area (Å²) in [5.74, 6) is 0.143. The minimum absolute atomic E-state index is 0.0115. The van der Waals surface area contributed by atoms with Gasteiger partial charge in [0, 0.05) is 58.1 Å². The Hall–Kier alpha value is -2.15. The van der Waals surface area contributed by atoms with Gasteiger partial charge in [0.05, 0.1) is 11.7 Å². The van der Waals surface area contributed by atoms with Gasteiger partial charge in [0.25, 0.3) is 5.91 Å². The Morgan fingerprint density at radius 1 is 1.14 bits per heavy atom. The van der Waals surface area contributed by atoms with E-state index in [1.807, 2.05) is 30.6 Å². The van der Waals surface area contributed by atoms with Crippen LogP contribution in [0.2, 0.25) is 0 Å². The SMILES string of the molecule is COC(C)(C)C(=O)N1CCCC1c1cc(N2CCN(C(C)=O)CC2)cc(C)n1. The Morgan fingerprint density at radius 3 is 2.43 bits per heavy atom. The van der Waals surface area contributed by atoms with E-state index in [4.69, 9.17) is 9.72 Å². The van der Waals surface area contributed by atoms with Gasteiger partial charge in [0.1, 0.15) is 5.60 Å². The molecule has 3 rings (SSSR count). The fourth-order valence-corrected chi connectivity index (χ4v) is 4.06. The largest absolute Gasteiger partial charge is 0.369 e. The first-order chi connectivity index (χ1) is 13.2. The minimum Gasteiger partial charge on any atom is -0.369 e. The number of likely N-dealkylation sites (tertiary alicyclic amines) is 1. The molecule has 2 aliphatic rings. The fourth-order valence-electron chi connectivity index (χ4n) is 4.06. The predicted octanol–water partition coefficient (Wildman–Crippen LogP) is 2.15. The average Bonchev–Trinajstić information content (AvgIpc) is 3.16. The first kappa shape index (κ1) is 20.6. The number of carbonyl (C=O) groups is 2. The Kier molecular flexibility index (Phi) is 5.93. The van der Waals surface area contributed by atoms with E-state index in [-0.39, 0.29) is 17.9 Å². The van der Waals surface area contributed by atoms with Gasteiger partial charge in [-0.2, -0.15) is 0 Å². The Bertz CT molecular complexity index is 741. The Labute approximate surface area is 167 Å². The van der Waals surface area contributed by atoms with Crippen LogP contribution in [0.4, 0.5) is 5.69 Å². The highest BCUT2D eigenvalue weighted by Gasteiger charge is 2.39. The molecule has 2 aliphatic heterocycles. The van der Waals surface area contributed by atoms with Crippen molar-refractivity contribution in [3.63, 3.8) is 0 Å². The van der Waals surface area contributed by atoms with Crippen molar-refractivity contribution in [2.24, 2.45) is 0 Å². The van der Waals surface area contributed by atoms with Crippen molar-refractivity contribution >= 4 is 17.5 Å². The van der Waals surface area contributed by atoms with Crippen LogP contribution < -0.4 is 4.90 Å². The quantitative estimate of drug-likeness (QED) is 0.791. The molecule has 2 fully saturated rings. The number of anilines is 1. The second-order valence-electron chi connectivity index (χ2n) is 8.26. The molecule has 1 aromatic rings. The summed E-state index contributed by atoms with van der Waals surface area (Å²) in [6.07, 6.45) is 1.89. The summed E-state index contributed by atoms with van der Waals surface area (Å²) in [5, 5.41) is 0. The Balaban J connectivity index is 1.81. The lowest BCUT2D eigenvalue weighted by molar-refractivity contribution is -0.152. The summed E-state index contributed by atoms with van der Waals surface area (Å²) in [5.41, 5.74) is 2.18.